The Bertz CT molecular complexity index is 701. The van der Waals surface area contributed by atoms with Gasteiger partial charge in [-0.1, -0.05) is 0 Å². The summed E-state index contributed by atoms with van der Waals surface area (Å²) < 4.78 is 39.5. The second-order valence-electron chi connectivity index (χ2n) is 5.63. The molecule has 0 aromatic carbocycles. The number of alkyl halides is 3. The highest BCUT2D eigenvalue weighted by Gasteiger charge is 2.37. The van der Waals surface area contributed by atoms with E-state index in [1.807, 2.05) is 0 Å². The number of nitrogens with zero attached hydrogens (tertiary/aromatic N) is 3. The van der Waals surface area contributed by atoms with Crippen LogP contribution in [0.4, 0.5) is 24.7 Å². The number of nitrogens with one attached hydrogen (secondary N) is 2. The van der Waals surface area contributed by atoms with Crippen molar-refractivity contribution < 1.29 is 18.0 Å². The van der Waals surface area contributed by atoms with E-state index >= 15 is 0 Å². The lowest BCUT2D eigenvalue weighted by atomic mass is 9.96. The van der Waals surface area contributed by atoms with E-state index in [4.69, 9.17) is 0 Å². The van der Waals surface area contributed by atoms with E-state index in [1.165, 1.54) is 23.4 Å². The Balaban J connectivity index is 1.75. The van der Waals surface area contributed by atoms with Gasteiger partial charge in [0.2, 0.25) is 5.91 Å². The zero-order chi connectivity index (χ0) is 17.2. The van der Waals surface area contributed by atoms with Gasteiger partial charge in [0.15, 0.2) is 0 Å². The molecule has 3 rings (SSSR count). The fraction of sp³-hybridized carbons (Fsp3) is 0.400. The number of pyridine rings is 1. The van der Waals surface area contributed by atoms with Crippen LogP contribution in [0.25, 0.3) is 0 Å². The molecule has 1 unspecified atom stereocenters. The van der Waals surface area contributed by atoms with Gasteiger partial charge in [0, 0.05) is 25.5 Å². The largest absolute Gasteiger partial charge is 0.419 e. The van der Waals surface area contributed by atoms with Gasteiger partial charge >= 0.3 is 6.18 Å². The summed E-state index contributed by atoms with van der Waals surface area (Å²) in [7, 11) is 0. The molecule has 24 heavy (non-hydrogen) atoms. The minimum Gasteiger partial charge on any atom is -0.355 e. The van der Waals surface area contributed by atoms with Crippen LogP contribution in [0.2, 0.25) is 0 Å². The van der Waals surface area contributed by atoms with Crippen LogP contribution in [0.15, 0.2) is 30.7 Å². The number of hydrogen-bond donors (Lipinski definition) is 2. The average molecular weight is 339 g/mol. The Morgan fingerprint density at radius 2 is 2.25 bits per heavy atom. The average Bonchev–Trinajstić information content (AvgIpc) is 3.07. The monoisotopic (exact) mass is 339 g/mol. The first-order chi connectivity index (χ1) is 11.4. The van der Waals surface area contributed by atoms with Gasteiger partial charge < -0.3 is 10.2 Å². The highest BCUT2D eigenvalue weighted by molar-refractivity contribution is 5.92. The van der Waals surface area contributed by atoms with Crippen LogP contribution in [0.3, 0.4) is 0 Å². The van der Waals surface area contributed by atoms with Crippen LogP contribution in [0.1, 0.15) is 18.4 Å². The molecule has 1 saturated heterocycles. The van der Waals surface area contributed by atoms with Crippen molar-refractivity contribution in [2.24, 2.45) is 5.92 Å². The van der Waals surface area contributed by atoms with Gasteiger partial charge in [-0.05, 0) is 25.0 Å². The lowest BCUT2D eigenvalue weighted by Gasteiger charge is -2.34. The van der Waals surface area contributed by atoms with Gasteiger partial charge in [0.05, 0.1) is 23.4 Å². The number of aromatic amines is 1. The van der Waals surface area contributed by atoms with Crippen molar-refractivity contribution in [3.05, 3.63) is 36.3 Å². The lowest BCUT2D eigenvalue weighted by molar-refractivity contribution is -0.137. The third-order valence-electron chi connectivity index (χ3n) is 3.95. The summed E-state index contributed by atoms with van der Waals surface area (Å²) in [5, 5.41) is 9.03. The Hall–Kier alpha value is -2.58. The Morgan fingerprint density at radius 1 is 1.42 bits per heavy atom. The number of piperidine rings is 1. The summed E-state index contributed by atoms with van der Waals surface area (Å²) in [5.74, 6) is -0.756. The number of aromatic nitrogens is 3. The maximum absolute atomic E-state index is 13.2. The molecule has 0 aliphatic carbocycles. The summed E-state index contributed by atoms with van der Waals surface area (Å²) in [4.78, 5) is 17.7. The van der Waals surface area contributed by atoms with Crippen LogP contribution < -0.4 is 10.2 Å². The second kappa shape index (κ2) is 6.50. The number of amides is 1. The fourth-order valence-corrected chi connectivity index (χ4v) is 2.82. The van der Waals surface area contributed by atoms with Gasteiger partial charge in [-0.2, -0.15) is 18.3 Å². The minimum atomic E-state index is -4.48. The van der Waals surface area contributed by atoms with Crippen molar-refractivity contribution in [1.29, 1.82) is 0 Å². The number of halogens is 3. The van der Waals surface area contributed by atoms with E-state index in [0.717, 1.165) is 6.07 Å². The van der Waals surface area contributed by atoms with Crippen LogP contribution in [0.5, 0.6) is 0 Å². The number of rotatable bonds is 3. The van der Waals surface area contributed by atoms with E-state index in [0.29, 0.717) is 25.1 Å². The number of hydrogen-bond acceptors (Lipinski definition) is 4. The SMILES string of the molecule is O=C(Nc1cn[nH]c1)C1CCCN(c2ncccc2C(F)(F)F)C1. The van der Waals surface area contributed by atoms with Crippen molar-refractivity contribution in [3.8, 4) is 0 Å². The molecule has 1 atom stereocenters. The standard InChI is InChI=1S/C15H16F3N5O/c16-15(17,18)12-4-1-5-19-13(12)23-6-2-3-10(9-23)14(24)22-11-7-20-21-8-11/h1,4-5,7-8,10H,2-3,6,9H2,(H,20,21)(H,22,24). The molecule has 0 spiro atoms. The van der Waals surface area contributed by atoms with Gasteiger partial charge in [0.1, 0.15) is 5.82 Å². The third kappa shape index (κ3) is 3.50. The molecule has 2 N–H and O–H groups in total. The topological polar surface area (TPSA) is 73.9 Å². The van der Waals surface area contributed by atoms with Crippen LogP contribution in [0, 0.1) is 5.92 Å². The lowest BCUT2D eigenvalue weighted by Crippen LogP contribution is -2.41. The van der Waals surface area contributed by atoms with Crippen molar-refractivity contribution in [1.82, 2.24) is 15.2 Å². The minimum absolute atomic E-state index is 0.120. The Morgan fingerprint density at radius 3 is 2.96 bits per heavy atom. The summed E-state index contributed by atoms with van der Waals surface area (Å²) >= 11 is 0. The molecule has 0 radical (unpaired) electrons. The first-order valence-electron chi connectivity index (χ1n) is 7.52. The Kier molecular flexibility index (Phi) is 4.41. The zero-order valence-electron chi connectivity index (χ0n) is 12.7. The first-order valence-corrected chi connectivity index (χ1v) is 7.52. The molecular formula is C15H16F3N5O. The predicted octanol–water partition coefficient (Wildman–Crippen LogP) is 2.68. The third-order valence-corrected chi connectivity index (χ3v) is 3.95. The van der Waals surface area contributed by atoms with Gasteiger partial charge in [0.25, 0.3) is 0 Å². The highest BCUT2D eigenvalue weighted by Crippen LogP contribution is 2.36. The molecule has 9 heteroatoms. The van der Waals surface area contributed by atoms with Crippen LogP contribution >= 0.6 is 0 Å². The molecule has 2 aromatic rings. The summed E-state index contributed by atoms with van der Waals surface area (Å²) in [6.45, 7) is 0.638. The smallest absolute Gasteiger partial charge is 0.355 e. The number of carbonyl (C=O) groups excluding carboxylic acids is 1. The predicted molar refractivity (Wildman–Crippen MR) is 81.4 cm³/mol. The van der Waals surface area contributed by atoms with Crippen LogP contribution in [-0.2, 0) is 11.0 Å². The van der Waals surface area contributed by atoms with Crippen molar-refractivity contribution >= 4 is 17.4 Å². The summed E-state index contributed by atoms with van der Waals surface area (Å²) in [6.07, 6.45) is 1.11. The molecule has 6 nitrogen and oxygen atoms in total. The van der Waals surface area contributed by atoms with Crippen molar-refractivity contribution in [2.75, 3.05) is 23.3 Å². The molecule has 3 heterocycles. The Labute approximate surface area is 136 Å². The normalized spacial score (nSPS) is 18.5. The van der Waals surface area contributed by atoms with E-state index in [2.05, 4.69) is 20.5 Å². The van der Waals surface area contributed by atoms with E-state index in [9.17, 15) is 18.0 Å². The molecule has 2 aromatic heterocycles. The van der Waals surface area contributed by atoms with E-state index in [-0.39, 0.29) is 18.3 Å². The van der Waals surface area contributed by atoms with Crippen LogP contribution in [-0.4, -0.2) is 34.2 Å². The molecular weight excluding hydrogens is 323 g/mol. The van der Waals surface area contributed by atoms with Gasteiger partial charge in [-0.25, -0.2) is 4.98 Å². The maximum atomic E-state index is 13.2. The van der Waals surface area contributed by atoms with Crippen molar-refractivity contribution in [3.63, 3.8) is 0 Å². The number of anilines is 2. The number of carbonyl (C=O) groups is 1. The quantitative estimate of drug-likeness (QED) is 0.902. The molecule has 1 fully saturated rings. The number of H-pyrrole nitrogens is 1. The molecule has 1 aliphatic rings. The molecule has 1 aliphatic heterocycles. The fourth-order valence-electron chi connectivity index (χ4n) is 2.82. The maximum Gasteiger partial charge on any atom is 0.419 e. The van der Waals surface area contributed by atoms with E-state index < -0.39 is 17.7 Å². The molecule has 1 amide bonds. The van der Waals surface area contributed by atoms with Gasteiger partial charge in [-0.3, -0.25) is 9.89 Å². The van der Waals surface area contributed by atoms with Crippen molar-refractivity contribution in [2.45, 2.75) is 19.0 Å². The molecule has 0 saturated carbocycles. The second-order valence-corrected chi connectivity index (χ2v) is 5.63. The van der Waals surface area contributed by atoms with Gasteiger partial charge in [-0.15, -0.1) is 0 Å². The zero-order valence-corrected chi connectivity index (χ0v) is 12.7. The molecule has 0 bridgehead atoms. The first kappa shape index (κ1) is 16.3. The highest BCUT2D eigenvalue weighted by atomic mass is 19.4. The summed E-state index contributed by atoms with van der Waals surface area (Å²) in [5.41, 5.74) is -0.244. The van der Waals surface area contributed by atoms with E-state index in [1.54, 1.807) is 6.20 Å². The summed E-state index contributed by atoms with van der Waals surface area (Å²) in [6, 6.07) is 2.27. The molecule has 128 valence electrons.